The molecule has 0 saturated carbocycles. The molecule has 1 heterocycles. The van der Waals surface area contributed by atoms with Crippen LogP contribution in [0.4, 0.5) is 0 Å². The average molecular weight is 224 g/mol. The first kappa shape index (κ1) is 10.1. The minimum absolute atomic E-state index is 0.0703. The lowest BCUT2D eigenvalue weighted by Crippen LogP contribution is -2.15. The summed E-state index contributed by atoms with van der Waals surface area (Å²) in [7, 11) is 0. The Morgan fingerprint density at radius 3 is 1.82 bits per heavy atom. The summed E-state index contributed by atoms with van der Waals surface area (Å²) in [5, 5.41) is 1.44. The van der Waals surface area contributed by atoms with E-state index in [-0.39, 0.29) is 5.43 Å². The van der Waals surface area contributed by atoms with Crippen molar-refractivity contribution in [3.05, 3.63) is 58.8 Å². The van der Waals surface area contributed by atoms with Crippen LogP contribution in [0, 0.1) is 0 Å². The van der Waals surface area contributed by atoms with Crippen LogP contribution >= 0.6 is 0 Å². The molecule has 2 N–H and O–H groups in total. The molecule has 0 spiro atoms. The van der Waals surface area contributed by atoms with E-state index in [4.69, 9.17) is 5.73 Å². The van der Waals surface area contributed by atoms with Gasteiger partial charge >= 0.3 is 0 Å². The maximum absolute atomic E-state index is 12.3. The molecule has 0 bridgehead atoms. The predicted molar refractivity (Wildman–Crippen MR) is 69.9 cm³/mol. The standard InChI is InChI=1S/C14H12N2O/c15-9-16-12-7-3-1-5-10(12)14(17)11-6-2-4-8-13(11)16/h1-8H,9,15H2. The first-order valence-electron chi connectivity index (χ1n) is 5.53. The molecule has 0 aliphatic heterocycles. The zero-order chi connectivity index (χ0) is 11.8. The van der Waals surface area contributed by atoms with E-state index < -0.39 is 0 Å². The Morgan fingerprint density at radius 2 is 1.35 bits per heavy atom. The van der Waals surface area contributed by atoms with E-state index in [1.54, 1.807) is 0 Å². The molecule has 0 saturated heterocycles. The second-order valence-electron chi connectivity index (χ2n) is 3.97. The maximum atomic E-state index is 12.3. The number of hydrogen-bond acceptors (Lipinski definition) is 2. The van der Waals surface area contributed by atoms with Gasteiger partial charge in [-0.2, -0.15) is 0 Å². The third-order valence-electron chi connectivity index (χ3n) is 3.06. The highest BCUT2D eigenvalue weighted by Crippen LogP contribution is 2.17. The largest absolute Gasteiger partial charge is 0.327 e. The van der Waals surface area contributed by atoms with Gasteiger partial charge in [-0.1, -0.05) is 24.3 Å². The number of fused-ring (bicyclic) bond motifs is 2. The quantitative estimate of drug-likeness (QED) is 0.643. The maximum Gasteiger partial charge on any atom is 0.197 e. The topological polar surface area (TPSA) is 48.0 Å². The Balaban J connectivity index is 2.68. The van der Waals surface area contributed by atoms with Gasteiger partial charge in [-0.25, -0.2) is 0 Å². The third-order valence-corrected chi connectivity index (χ3v) is 3.06. The molecule has 3 rings (SSSR count). The monoisotopic (exact) mass is 224 g/mol. The highest BCUT2D eigenvalue weighted by atomic mass is 16.1. The third kappa shape index (κ3) is 1.36. The summed E-state index contributed by atoms with van der Waals surface area (Å²) in [6.45, 7) is 0.362. The average Bonchev–Trinajstić information content (AvgIpc) is 2.40. The summed E-state index contributed by atoms with van der Waals surface area (Å²) < 4.78 is 1.96. The normalized spacial score (nSPS) is 11.1. The molecule has 0 atom stereocenters. The van der Waals surface area contributed by atoms with Gasteiger partial charge < -0.3 is 10.3 Å². The Kier molecular flexibility index (Phi) is 2.20. The van der Waals surface area contributed by atoms with Crippen molar-refractivity contribution in [2.75, 3.05) is 0 Å². The van der Waals surface area contributed by atoms with E-state index in [1.165, 1.54) is 0 Å². The molecule has 0 fully saturated rings. The minimum Gasteiger partial charge on any atom is -0.327 e. The first-order chi connectivity index (χ1) is 8.33. The summed E-state index contributed by atoms with van der Waals surface area (Å²) in [6.07, 6.45) is 0. The molecule has 0 unspecified atom stereocenters. The molecule has 2 aromatic carbocycles. The van der Waals surface area contributed by atoms with Crippen LogP contribution in [0.25, 0.3) is 21.8 Å². The van der Waals surface area contributed by atoms with Crippen molar-refractivity contribution in [3.63, 3.8) is 0 Å². The summed E-state index contributed by atoms with van der Waals surface area (Å²) in [5.41, 5.74) is 7.64. The number of aromatic nitrogens is 1. The van der Waals surface area contributed by atoms with Crippen LogP contribution in [0.2, 0.25) is 0 Å². The van der Waals surface area contributed by atoms with E-state index >= 15 is 0 Å². The lowest BCUT2D eigenvalue weighted by atomic mass is 10.1. The molecule has 3 heteroatoms. The molecule has 84 valence electrons. The van der Waals surface area contributed by atoms with Gasteiger partial charge in [0.15, 0.2) is 5.43 Å². The Bertz CT molecular complexity index is 699. The molecule has 1 aromatic heterocycles. The van der Waals surface area contributed by atoms with Crippen LogP contribution in [0.3, 0.4) is 0 Å². The van der Waals surface area contributed by atoms with Crippen molar-refractivity contribution in [2.45, 2.75) is 6.67 Å². The molecule has 0 amide bonds. The molecular weight excluding hydrogens is 212 g/mol. The van der Waals surface area contributed by atoms with Crippen molar-refractivity contribution in [1.29, 1.82) is 0 Å². The summed E-state index contributed by atoms with van der Waals surface area (Å²) in [5.74, 6) is 0. The Morgan fingerprint density at radius 1 is 0.882 bits per heavy atom. The second-order valence-corrected chi connectivity index (χ2v) is 3.97. The van der Waals surface area contributed by atoms with Crippen LogP contribution in [0.15, 0.2) is 53.3 Å². The molecule has 0 radical (unpaired) electrons. The van der Waals surface area contributed by atoms with E-state index in [2.05, 4.69) is 0 Å². The van der Waals surface area contributed by atoms with Crippen molar-refractivity contribution in [1.82, 2.24) is 4.57 Å². The van der Waals surface area contributed by atoms with Crippen molar-refractivity contribution >= 4 is 21.8 Å². The number of rotatable bonds is 1. The number of benzene rings is 2. The molecular formula is C14H12N2O. The zero-order valence-corrected chi connectivity index (χ0v) is 9.26. The van der Waals surface area contributed by atoms with Gasteiger partial charge in [0.2, 0.25) is 0 Å². The van der Waals surface area contributed by atoms with Gasteiger partial charge in [-0.15, -0.1) is 0 Å². The van der Waals surface area contributed by atoms with Gasteiger partial charge in [0.05, 0.1) is 17.7 Å². The van der Waals surface area contributed by atoms with Crippen molar-refractivity contribution in [2.24, 2.45) is 5.73 Å². The minimum atomic E-state index is 0.0703. The predicted octanol–water partition coefficient (Wildman–Crippen LogP) is 2.07. The fourth-order valence-electron chi connectivity index (χ4n) is 2.27. The van der Waals surface area contributed by atoms with E-state index in [0.29, 0.717) is 6.67 Å². The highest BCUT2D eigenvalue weighted by Gasteiger charge is 2.08. The van der Waals surface area contributed by atoms with Gasteiger partial charge in [0.1, 0.15) is 0 Å². The number of nitrogens with two attached hydrogens (primary N) is 1. The van der Waals surface area contributed by atoms with E-state index in [0.717, 1.165) is 21.8 Å². The molecule has 17 heavy (non-hydrogen) atoms. The summed E-state index contributed by atoms with van der Waals surface area (Å²) in [6, 6.07) is 15.1. The highest BCUT2D eigenvalue weighted by molar-refractivity contribution is 5.93. The molecule has 3 nitrogen and oxygen atoms in total. The molecule has 0 aliphatic rings. The van der Waals surface area contributed by atoms with Crippen molar-refractivity contribution < 1.29 is 0 Å². The fraction of sp³-hybridized carbons (Fsp3) is 0.0714. The number of nitrogens with zero attached hydrogens (tertiary/aromatic N) is 1. The molecule has 0 aliphatic carbocycles. The fourth-order valence-corrected chi connectivity index (χ4v) is 2.27. The second kappa shape index (κ2) is 3.71. The lowest BCUT2D eigenvalue weighted by Gasteiger charge is -2.12. The number of pyridine rings is 1. The van der Waals surface area contributed by atoms with Gasteiger partial charge in [-0.05, 0) is 24.3 Å². The number of hydrogen-bond donors (Lipinski definition) is 1. The van der Waals surface area contributed by atoms with E-state index in [1.807, 2.05) is 53.1 Å². The molecule has 3 aromatic rings. The first-order valence-corrected chi connectivity index (χ1v) is 5.53. The van der Waals surface area contributed by atoms with Crippen LogP contribution < -0.4 is 11.2 Å². The van der Waals surface area contributed by atoms with Crippen LogP contribution in [0.5, 0.6) is 0 Å². The van der Waals surface area contributed by atoms with Gasteiger partial charge in [0.25, 0.3) is 0 Å². The van der Waals surface area contributed by atoms with E-state index in [9.17, 15) is 4.79 Å². The Labute approximate surface area is 98.1 Å². The smallest absolute Gasteiger partial charge is 0.197 e. The van der Waals surface area contributed by atoms with Crippen LogP contribution in [0.1, 0.15) is 0 Å². The van der Waals surface area contributed by atoms with Gasteiger partial charge in [-0.3, -0.25) is 4.79 Å². The Hall–Kier alpha value is -2.13. The number of para-hydroxylation sites is 2. The van der Waals surface area contributed by atoms with Crippen molar-refractivity contribution in [3.8, 4) is 0 Å². The zero-order valence-electron chi connectivity index (χ0n) is 9.26. The SMILES string of the molecule is NCn1c2ccccc2c(=O)c2ccccc21. The van der Waals surface area contributed by atoms with Crippen LogP contribution in [-0.4, -0.2) is 4.57 Å². The summed E-state index contributed by atoms with van der Waals surface area (Å²) in [4.78, 5) is 12.3. The van der Waals surface area contributed by atoms with Crippen LogP contribution in [-0.2, 0) is 6.67 Å². The van der Waals surface area contributed by atoms with Gasteiger partial charge in [0, 0.05) is 10.8 Å². The summed E-state index contributed by atoms with van der Waals surface area (Å²) >= 11 is 0. The lowest BCUT2D eigenvalue weighted by molar-refractivity contribution is 0.785.